The number of nitrogens with zero attached hydrogens (tertiary/aromatic N) is 1. The summed E-state index contributed by atoms with van der Waals surface area (Å²) in [4.78, 5) is 4.06. The minimum Gasteiger partial charge on any atom is -0.311 e. The first-order valence-electron chi connectivity index (χ1n) is 6.94. The van der Waals surface area contributed by atoms with Gasteiger partial charge in [-0.25, -0.2) is 0 Å². The van der Waals surface area contributed by atoms with Gasteiger partial charge in [-0.2, -0.15) is 0 Å². The van der Waals surface area contributed by atoms with E-state index in [9.17, 15) is 0 Å². The molecular weight excluding hydrogens is 264 g/mol. The third kappa shape index (κ3) is 3.08. The predicted octanol–water partition coefficient (Wildman–Crippen LogP) is 3.02. The molecule has 2 nitrogen and oxygen atoms in total. The van der Waals surface area contributed by atoms with Crippen LogP contribution in [0.1, 0.15) is 24.6 Å². The summed E-state index contributed by atoms with van der Waals surface area (Å²) in [5.41, 5.74) is 0. The van der Waals surface area contributed by atoms with E-state index in [1.54, 1.807) is 11.3 Å². The maximum Gasteiger partial charge on any atom is 0.0931 e. The van der Waals surface area contributed by atoms with Gasteiger partial charge in [-0.1, -0.05) is 11.6 Å². The first kappa shape index (κ1) is 12.9. The molecule has 1 aliphatic heterocycles. The first-order chi connectivity index (χ1) is 8.72. The van der Waals surface area contributed by atoms with Crippen molar-refractivity contribution in [3.63, 3.8) is 0 Å². The van der Waals surface area contributed by atoms with Gasteiger partial charge in [0, 0.05) is 36.6 Å². The second kappa shape index (κ2) is 5.49. The Bertz CT molecular complexity index is 402. The molecule has 1 saturated carbocycles. The van der Waals surface area contributed by atoms with E-state index in [2.05, 4.69) is 23.2 Å². The molecule has 4 heteroatoms. The Hall–Kier alpha value is -0.0900. The van der Waals surface area contributed by atoms with E-state index < -0.39 is 0 Å². The van der Waals surface area contributed by atoms with Crippen LogP contribution >= 0.6 is 22.9 Å². The van der Waals surface area contributed by atoms with Crippen molar-refractivity contribution in [1.82, 2.24) is 10.2 Å². The average Bonchev–Trinajstić information content (AvgIpc) is 3.12. The Morgan fingerprint density at radius 2 is 2.28 bits per heavy atom. The zero-order valence-electron chi connectivity index (χ0n) is 10.9. The maximum atomic E-state index is 5.98. The number of hydrogen-bond acceptors (Lipinski definition) is 3. The number of nitrogens with one attached hydrogen (secondary N) is 1. The van der Waals surface area contributed by atoms with Crippen LogP contribution in [0, 0.1) is 5.92 Å². The summed E-state index contributed by atoms with van der Waals surface area (Å²) in [5.74, 6) is 0.955. The van der Waals surface area contributed by atoms with Crippen molar-refractivity contribution in [2.45, 2.75) is 38.3 Å². The molecule has 0 aromatic carbocycles. The molecule has 1 saturated heterocycles. The van der Waals surface area contributed by atoms with Gasteiger partial charge in [0.1, 0.15) is 0 Å². The zero-order valence-corrected chi connectivity index (χ0v) is 12.4. The lowest BCUT2D eigenvalue weighted by molar-refractivity contribution is 0.134. The van der Waals surface area contributed by atoms with Crippen molar-refractivity contribution in [2.24, 2.45) is 5.92 Å². The van der Waals surface area contributed by atoms with Crippen molar-refractivity contribution in [1.29, 1.82) is 0 Å². The topological polar surface area (TPSA) is 15.3 Å². The van der Waals surface area contributed by atoms with Crippen LogP contribution in [0.15, 0.2) is 12.1 Å². The first-order valence-corrected chi connectivity index (χ1v) is 8.13. The second-order valence-corrected chi connectivity index (χ2v) is 7.45. The van der Waals surface area contributed by atoms with E-state index in [-0.39, 0.29) is 0 Å². The van der Waals surface area contributed by atoms with Crippen molar-refractivity contribution in [2.75, 3.05) is 19.6 Å². The highest BCUT2D eigenvalue weighted by Crippen LogP contribution is 2.34. The second-order valence-electron chi connectivity index (χ2n) is 5.65. The van der Waals surface area contributed by atoms with Gasteiger partial charge in [0.15, 0.2) is 0 Å². The van der Waals surface area contributed by atoms with E-state index in [0.717, 1.165) is 29.3 Å². The number of piperazine rings is 1. The number of halogens is 1. The highest BCUT2D eigenvalue weighted by Gasteiger charge is 2.35. The normalized spacial score (nSPS) is 29.7. The van der Waals surface area contributed by atoms with E-state index in [1.807, 2.05) is 6.07 Å². The van der Waals surface area contributed by atoms with E-state index >= 15 is 0 Å². The van der Waals surface area contributed by atoms with Gasteiger partial charge in [-0.05, 0) is 44.2 Å². The van der Waals surface area contributed by atoms with Crippen LogP contribution in [-0.2, 0) is 6.42 Å². The molecule has 2 atom stereocenters. The number of thiophene rings is 1. The fourth-order valence-electron chi connectivity index (χ4n) is 2.81. The van der Waals surface area contributed by atoms with Gasteiger partial charge in [0.25, 0.3) is 0 Å². The third-order valence-corrected chi connectivity index (χ3v) is 5.49. The van der Waals surface area contributed by atoms with Crippen LogP contribution in [0.5, 0.6) is 0 Å². The highest BCUT2D eigenvalue weighted by molar-refractivity contribution is 7.16. The van der Waals surface area contributed by atoms with Gasteiger partial charge < -0.3 is 5.32 Å². The monoisotopic (exact) mass is 284 g/mol. The molecule has 0 bridgehead atoms. The van der Waals surface area contributed by atoms with Crippen LogP contribution in [0.2, 0.25) is 4.34 Å². The molecular formula is C14H21ClN2S. The smallest absolute Gasteiger partial charge is 0.0931 e. The minimum atomic E-state index is 0.662. The quantitative estimate of drug-likeness (QED) is 0.914. The largest absolute Gasteiger partial charge is 0.311 e. The van der Waals surface area contributed by atoms with Crippen molar-refractivity contribution in [3.8, 4) is 0 Å². The van der Waals surface area contributed by atoms with Crippen molar-refractivity contribution >= 4 is 22.9 Å². The van der Waals surface area contributed by atoms with Crippen LogP contribution < -0.4 is 5.32 Å². The number of hydrogen-bond donors (Lipinski definition) is 1. The molecule has 1 N–H and O–H groups in total. The summed E-state index contributed by atoms with van der Waals surface area (Å²) in [7, 11) is 0. The SMILES string of the molecule is CC1CNC(C2CC2)CN1CCc1ccc(Cl)s1. The third-order valence-electron chi connectivity index (χ3n) is 4.20. The zero-order chi connectivity index (χ0) is 12.5. The Balaban J connectivity index is 1.53. The summed E-state index contributed by atoms with van der Waals surface area (Å²) in [6.45, 7) is 5.87. The lowest BCUT2D eigenvalue weighted by Gasteiger charge is -2.39. The van der Waals surface area contributed by atoms with Gasteiger partial charge in [0.2, 0.25) is 0 Å². The fourth-order valence-corrected chi connectivity index (χ4v) is 3.89. The molecule has 3 rings (SSSR count). The maximum absolute atomic E-state index is 5.98. The molecule has 2 heterocycles. The van der Waals surface area contributed by atoms with Crippen LogP contribution in [0.3, 0.4) is 0 Å². The average molecular weight is 285 g/mol. The van der Waals surface area contributed by atoms with Crippen LogP contribution in [-0.4, -0.2) is 36.6 Å². The summed E-state index contributed by atoms with van der Waals surface area (Å²) >= 11 is 7.70. The Kier molecular flexibility index (Phi) is 3.94. The Labute approximate surface area is 118 Å². The summed E-state index contributed by atoms with van der Waals surface area (Å²) in [6.07, 6.45) is 4.00. The standard InChI is InChI=1S/C14H21ClN2S/c1-10-8-16-13(11-2-3-11)9-17(10)7-6-12-4-5-14(15)18-12/h4-5,10-11,13,16H,2-3,6-9H2,1H3. The molecule has 18 heavy (non-hydrogen) atoms. The molecule has 2 fully saturated rings. The van der Waals surface area contributed by atoms with Crippen LogP contribution in [0.25, 0.3) is 0 Å². The molecule has 0 spiro atoms. The molecule has 100 valence electrons. The predicted molar refractivity (Wildman–Crippen MR) is 78.6 cm³/mol. The molecule has 0 amide bonds. The van der Waals surface area contributed by atoms with E-state index in [0.29, 0.717) is 6.04 Å². The molecule has 1 aliphatic carbocycles. The van der Waals surface area contributed by atoms with Crippen molar-refractivity contribution in [3.05, 3.63) is 21.3 Å². The molecule has 1 aromatic rings. The van der Waals surface area contributed by atoms with Gasteiger partial charge >= 0.3 is 0 Å². The Morgan fingerprint density at radius 3 is 2.94 bits per heavy atom. The summed E-state index contributed by atoms with van der Waals surface area (Å²) < 4.78 is 0.911. The van der Waals surface area contributed by atoms with Gasteiger partial charge in [-0.3, -0.25) is 4.90 Å². The number of rotatable bonds is 4. The molecule has 0 radical (unpaired) electrons. The molecule has 1 aromatic heterocycles. The van der Waals surface area contributed by atoms with E-state index in [1.165, 1.54) is 30.8 Å². The minimum absolute atomic E-state index is 0.662. The fraction of sp³-hybridized carbons (Fsp3) is 0.714. The lowest BCUT2D eigenvalue weighted by Crippen LogP contribution is -2.56. The molecule has 2 aliphatic rings. The van der Waals surface area contributed by atoms with Gasteiger partial charge in [-0.15, -0.1) is 11.3 Å². The highest BCUT2D eigenvalue weighted by atomic mass is 35.5. The lowest BCUT2D eigenvalue weighted by atomic mass is 10.1. The summed E-state index contributed by atoms with van der Waals surface area (Å²) in [6, 6.07) is 5.58. The summed E-state index contributed by atoms with van der Waals surface area (Å²) in [5, 5.41) is 3.70. The van der Waals surface area contributed by atoms with E-state index in [4.69, 9.17) is 11.6 Å². The van der Waals surface area contributed by atoms with Crippen molar-refractivity contribution < 1.29 is 0 Å². The molecule has 2 unspecified atom stereocenters. The van der Waals surface area contributed by atoms with Crippen LogP contribution in [0.4, 0.5) is 0 Å². The Morgan fingerprint density at radius 1 is 1.44 bits per heavy atom. The van der Waals surface area contributed by atoms with Gasteiger partial charge in [0.05, 0.1) is 4.34 Å².